The molecule has 1 N–H and O–H groups in total. The molecule has 29 heavy (non-hydrogen) atoms. The maximum Gasteiger partial charge on any atom is 0.231 e. The van der Waals surface area contributed by atoms with Crippen molar-refractivity contribution in [3.8, 4) is 22.6 Å². The zero-order chi connectivity index (χ0) is 20.8. The van der Waals surface area contributed by atoms with E-state index in [2.05, 4.69) is 0 Å². The van der Waals surface area contributed by atoms with Crippen LogP contribution >= 0.6 is 0 Å². The third kappa shape index (κ3) is 3.45. The highest BCUT2D eigenvalue weighted by atomic mass is 32.2. The Morgan fingerprint density at radius 1 is 0.966 bits per heavy atom. The van der Waals surface area contributed by atoms with E-state index in [0.717, 1.165) is 18.4 Å². The summed E-state index contributed by atoms with van der Waals surface area (Å²) in [4.78, 5) is -0.291. The van der Waals surface area contributed by atoms with Gasteiger partial charge in [0.15, 0.2) is 21.3 Å². The van der Waals surface area contributed by atoms with Gasteiger partial charge in [-0.05, 0) is 17.7 Å². The van der Waals surface area contributed by atoms with E-state index in [-0.39, 0.29) is 34.3 Å². The third-order valence-corrected chi connectivity index (χ3v) is 5.80. The molecule has 1 aliphatic heterocycles. The number of fused-ring (bicyclic) bond motifs is 1. The number of benzene rings is 3. The monoisotopic (exact) mass is 418 g/mol. The van der Waals surface area contributed by atoms with Gasteiger partial charge in [-0.3, -0.25) is 0 Å². The van der Waals surface area contributed by atoms with Gasteiger partial charge in [0.2, 0.25) is 6.79 Å². The smallest absolute Gasteiger partial charge is 0.231 e. The quantitative estimate of drug-likeness (QED) is 0.697. The van der Waals surface area contributed by atoms with Crippen LogP contribution in [-0.2, 0) is 9.84 Å². The van der Waals surface area contributed by atoms with E-state index in [0.29, 0.717) is 17.2 Å². The molecule has 1 unspecified atom stereocenters. The molecule has 1 aliphatic rings. The number of ether oxygens (including phenoxy) is 2. The zero-order valence-corrected chi connectivity index (χ0v) is 16.0. The summed E-state index contributed by atoms with van der Waals surface area (Å²) in [6.07, 6.45) is -0.707. The fraction of sp³-hybridized carbons (Fsp3) is 0.143. The zero-order valence-electron chi connectivity index (χ0n) is 15.2. The Morgan fingerprint density at radius 3 is 2.31 bits per heavy atom. The van der Waals surface area contributed by atoms with Crippen molar-refractivity contribution < 1.29 is 31.8 Å². The molecule has 0 fully saturated rings. The number of aliphatic hydroxyl groups is 1. The van der Waals surface area contributed by atoms with Gasteiger partial charge in [-0.1, -0.05) is 36.4 Å². The second-order valence-electron chi connectivity index (χ2n) is 6.61. The number of hydrogen-bond donors (Lipinski definition) is 1. The van der Waals surface area contributed by atoms with E-state index < -0.39 is 27.6 Å². The first kappa shape index (κ1) is 19.4. The average molecular weight is 418 g/mol. The Hall–Kier alpha value is -2.97. The standard InChI is InChI=1S/C21H16F2O5S/c1-29(25,26)21-16(18(24)14-8-7-13(22)9-17(14)23)10-15(12-5-3-2-4-6-12)19-20(21)28-11-27-19/h2-10,18,24H,11H2,1H3. The number of hydrogen-bond acceptors (Lipinski definition) is 5. The molecule has 4 rings (SSSR count). The Morgan fingerprint density at radius 2 is 1.66 bits per heavy atom. The maximum absolute atomic E-state index is 14.3. The largest absolute Gasteiger partial charge is 0.453 e. The second-order valence-corrected chi connectivity index (χ2v) is 8.57. The van der Waals surface area contributed by atoms with Crippen LogP contribution in [-0.4, -0.2) is 26.6 Å². The Balaban J connectivity index is 2.02. The summed E-state index contributed by atoms with van der Waals surface area (Å²) < 4.78 is 63.6. The van der Waals surface area contributed by atoms with Crippen LogP contribution < -0.4 is 9.47 Å². The Kier molecular flexibility index (Phi) is 4.76. The minimum atomic E-state index is -3.89. The molecule has 1 atom stereocenters. The summed E-state index contributed by atoms with van der Waals surface area (Å²) in [5, 5.41) is 10.9. The highest BCUT2D eigenvalue weighted by Gasteiger charge is 2.34. The first-order valence-electron chi connectivity index (χ1n) is 8.62. The first-order valence-corrected chi connectivity index (χ1v) is 10.5. The van der Waals surface area contributed by atoms with Crippen molar-refractivity contribution in [1.29, 1.82) is 0 Å². The van der Waals surface area contributed by atoms with Crippen molar-refractivity contribution in [3.63, 3.8) is 0 Å². The molecule has 1 heterocycles. The van der Waals surface area contributed by atoms with Crippen molar-refractivity contribution in [3.05, 3.63) is 77.4 Å². The molecular weight excluding hydrogens is 402 g/mol. The van der Waals surface area contributed by atoms with Gasteiger partial charge in [-0.25, -0.2) is 17.2 Å². The van der Waals surface area contributed by atoms with Crippen LogP contribution in [0.25, 0.3) is 11.1 Å². The molecule has 3 aromatic carbocycles. The van der Waals surface area contributed by atoms with Crippen LogP contribution in [0.5, 0.6) is 11.5 Å². The normalized spacial score (nSPS) is 14.1. The summed E-state index contributed by atoms with van der Waals surface area (Å²) in [6.45, 7) is -0.192. The molecule has 0 radical (unpaired) electrons. The van der Waals surface area contributed by atoms with Crippen molar-refractivity contribution in [2.45, 2.75) is 11.0 Å². The molecule has 0 bridgehead atoms. The number of rotatable bonds is 4. The summed E-state index contributed by atoms with van der Waals surface area (Å²) in [6, 6.07) is 13.1. The van der Waals surface area contributed by atoms with Crippen LogP contribution in [0.1, 0.15) is 17.2 Å². The lowest BCUT2D eigenvalue weighted by Gasteiger charge is -2.19. The number of aliphatic hydroxyl groups excluding tert-OH is 1. The lowest BCUT2D eigenvalue weighted by Crippen LogP contribution is -2.11. The number of halogens is 2. The van der Waals surface area contributed by atoms with E-state index in [9.17, 15) is 22.3 Å². The summed E-state index contributed by atoms with van der Waals surface area (Å²) in [5.41, 5.74) is 0.847. The molecule has 0 aliphatic carbocycles. The van der Waals surface area contributed by atoms with Crippen LogP contribution in [0.2, 0.25) is 0 Å². The van der Waals surface area contributed by atoms with Crippen LogP contribution in [0.4, 0.5) is 8.78 Å². The van der Waals surface area contributed by atoms with Gasteiger partial charge in [0.1, 0.15) is 22.6 Å². The van der Waals surface area contributed by atoms with Gasteiger partial charge < -0.3 is 14.6 Å². The van der Waals surface area contributed by atoms with Crippen molar-refractivity contribution >= 4 is 9.84 Å². The molecular formula is C21H16F2O5S. The van der Waals surface area contributed by atoms with E-state index in [1.165, 1.54) is 6.07 Å². The minimum absolute atomic E-state index is 0.0366. The molecule has 0 saturated heterocycles. The predicted molar refractivity (Wildman–Crippen MR) is 102 cm³/mol. The molecule has 3 aromatic rings. The summed E-state index contributed by atoms with van der Waals surface area (Å²) >= 11 is 0. The SMILES string of the molecule is CS(=O)(=O)c1c(C(O)c2ccc(F)cc2F)cc(-c2ccccc2)c2c1OCO2. The lowest BCUT2D eigenvalue weighted by molar-refractivity contribution is 0.171. The third-order valence-electron chi connectivity index (χ3n) is 4.63. The molecule has 0 aromatic heterocycles. The van der Waals surface area contributed by atoms with E-state index in [4.69, 9.17) is 9.47 Å². The van der Waals surface area contributed by atoms with Gasteiger partial charge in [0.25, 0.3) is 0 Å². The summed E-state index contributed by atoms with van der Waals surface area (Å²) in [7, 11) is -3.89. The highest BCUT2D eigenvalue weighted by Crippen LogP contribution is 2.49. The molecule has 5 nitrogen and oxygen atoms in total. The molecule has 0 saturated carbocycles. The highest BCUT2D eigenvalue weighted by molar-refractivity contribution is 7.90. The second kappa shape index (κ2) is 7.13. The molecule has 0 spiro atoms. The van der Waals surface area contributed by atoms with E-state index in [1.54, 1.807) is 24.3 Å². The first-order chi connectivity index (χ1) is 13.8. The molecule has 8 heteroatoms. The maximum atomic E-state index is 14.3. The van der Waals surface area contributed by atoms with Crippen LogP contribution in [0, 0.1) is 11.6 Å². The van der Waals surface area contributed by atoms with E-state index >= 15 is 0 Å². The molecule has 150 valence electrons. The van der Waals surface area contributed by atoms with E-state index in [1.807, 2.05) is 6.07 Å². The topological polar surface area (TPSA) is 72.8 Å². The minimum Gasteiger partial charge on any atom is -0.453 e. The van der Waals surface area contributed by atoms with Gasteiger partial charge >= 0.3 is 0 Å². The average Bonchev–Trinajstić information content (AvgIpc) is 3.15. The van der Waals surface area contributed by atoms with Gasteiger partial charge in [0, 0.05) is 29.0 Å². The van der Waals surface area contributed by atoms with Gasteiger partial charge in [0.05, 0.1) is 0 Å². The van der Waals surface area contributed by atoms with Crippen LogP contribution in [0.15, 0.2) is 59.5 Å². The Bertz CT molecular complexity index is 1190. The number of sulfone groups is 1. The summed E-state index contributed by atoms with van der Waals surface area (Å²) in [5.74, 6) is -1.61. The van der Waals surface area contributed by atoms with Crippen molar-refractivity contribution in [1.82, 2.24) is 0 Å². The van der Waals surface area contributed by atoms with Gasteiger partial charge in [-0.15, -0.1) is 0 Å². The fourth-order valence-electron chi connectivity index (χ4n) is 3.37. The van der Waals surface area contributed by atoms with Crippen molar-refractivity contribution in [2.75, 3.05) is 13.0 Å². The fourth-order valence-corrected chi connectivity index (χ4v) is 4.46. The van der Waals surface area contributed by atoms with Gasteiger partial charge in [-0.2, -0.15) is 0 Å². The Labute approximate surface area is 166 Å². The lowest BCUT2D eigenvalue weighted by atomic mass is 9.95. The predicted octanol–water partition coefficient (Wildman–Crippen LogP) is 3.85. The van der Waals surface area contributed by atoms with Crippen molar-refractivity contribution in [2.24, 2.45) is 0 Å². The molecule has 0 amide bonds. The van der Waals surface area contributed by atoms with Crippen LogP contribution in [0.3, 0.4) is 0 Å².